The molecule has 0 bridgehead atoms. The molecule has 0 saturated heterocycles. The summed E-state index contributed by atoms with van der Waals surface area (Å²) >= 11 is 0. The molecule has 6 nitrogen and oxygen atoms in total. The number of nitrogens with one attached hydrogen (secondary N) is 1. The largest absolute Gasteiger partial charge is 0.482 e. The lowest BCUT2D eigenvalue weighted by Crippen LogP contribution is -2.28. The number of halogens is 1. The van der Waals surface area contributed by atoms with Crippen molar-refractivity contribution in [2.24, 2.45) is 5.41 Å². The zero-order valence-electron chi connectivity index (χ0n) is 16.8. The van der Waals surface area contributed by atoms with Crippen LogP contribution in [0.15, 0.2) is 48.5 Å². The highest BCUT2D eigenvalue weighted by Crippen LogP contribution is 2.18. The van der Waals surface area contributed by atoms with Crippen molar-refractivity contribution in [1.82, 2.24) is 0 Å². The van der Waals surface area contributed by atoms with E-state index in [2.05, 4.69) is 5.32 Å². The normalized spacial score (nSPS) is 12.0. The maximum Gasteiger partial charge on any atom is 0.344 e. The second-order valence-corrected chi connectivity index (χ2v) is 7.52. The van der Waals surface area contributed by atoms with E-state index in [1.807, 2.05) is 0 Å². The molecular weight excluding hydrogens is 377 g/mol. The fraction of sp³-hybridized carbons (Fsp3) is 0.318. The van der Waals surface area contributed by atoms with Crippen molar-refractivity contribution in [3.63, 3.8) is 0 Å². The molecule has 0 aliphatic carbocycles. The van der Waals surface area contributed by atoms with E-state index in [9.17, 15) is 18.8 Å². The fourth-order valence-corrected chi connectivity index (χ4v) is 2.25. The van der Waals surface area contributed by atoms with Gasteiger partial charge in [0.1, 0.15) is 11.6 Å². The summed E-state index contributed by atoms with van der Waals surface area (Å²) in [5, 5.41) is 2.77. The molecule has 29 heavy (non-hydrogen) atoms. The Balaban J connectivity index is 1.88. The monoisotopic (exact) mass is 401 g/mol. The number of anilines is 1. The van der Waals surface area contributed by atoms with Gasteiger partial charge < -0.3 is 14.8 Å². The average molecular weight is 401 g/mol. The summed E-state index contributed by atoms with van der Waals surface area (Å²) in [6.07, 6.45) is -1.02. The van der Waals surface area contributed by atoms with E-state index < -0.39 is 35.7 Å². The van der Waals surface area contributed by atoms with Crippen molar-refractivity contribution in [2.75, 3.05) is 11.9 Å². The van der Waals surface area contributed by atoms with E-state index in [1.54, 1.807) is 45.0 Å². The van der Waals surface area contributed by atoms with Crippen LogP contribution in [0.1, 0.15) is 38.1 Å². The van der Waals surface area contributed by atoms with Crippen molar-refractivity contribution in [1.29, 1.82) is 0 Å². The van der Waals surface area contributed by atoms with E-state index in [-0.39, 0.29) is 11.7 Å². The maximum atomic E-state index is 13.1. The zero-order valence-corrected chi connectivity index (χ0v) is 16.8. The van der Waals surface area contributed by atoms with Gasteiger partial charge in [-0.25, -0.2) is 9.18 Å². The number of ether oxygens (including phenoxy) is 2. The minimum Gasteiger partial charge on any atom is -0.482 e. The summed E-state index contributed by atoms with van der Waals surface area (Å²) < 4.78 is 23.3. The smallest absolute Gasteiger partial charge is 0.344 e. The number of hydrogen-bond donors (Lipinski definition) is 1. The molecule has 0 aliphatic heterocycles. The summed E-state index contributed by atoms with van der Waals surface area (Å²) in [4.78, 5) is 36.3. The Morgan fingerprint density at radius 2 is 1.72 bits per heavy atom. The Bertz CT molecular complexity index is 887. The molecular formula is C22H24FNO5. The van der Waals surface area contributed by atoms with Gasteiger partial charge in [-0.2, -0.15) is 0 Å². The molecule has 1 atom stereocenters. The molecule has 0 saturated carbocycles. The van der Waals surface area contributed by atoms with Crippen LogP contribution in [0, 0.1) is 11.2 Å². The molecule has 1 unspecified atom stereocenters. The number of esters is 1. The van der Waals surface area contributed by atoms with E-state index in [0.717, 1.165) is 6.07 Å². The zero-order chi connectivity index (χ0) is 21.6. The van der Waals surface area contributed by atoms with E-state index in [1.165, 1.54) is 25.1 Å². The summed E-state index contributed by atoms with van der Waals surface area (Å²) in [5.41, 5.74) is 0.366. The number of hydrogen-bond acceptors (Lipinski definition) is 5. The third-order valence-corrected chi connectivity index (χ3v) is 3.94. The van der Waals surface area contributed by atoms with Crippen LogP contribution in [0.5, 0.6) is 5.75 Å². The van der Waals surface area contributed by atoms with Crippen molar-refractivity contribution in [2.45, 2.75) is 33.8 Å². The summed E-state index contributed by atoms with van der Waals surface area (Å²) in [7, 11) is 0. The molecule has 2 aromatic carbocycles. The van der Waals surface area contributed by atoms with Crippen LogP contribution in [0.2, 0.25) is 0 Å². The lowest BCUT2D eigenvalue weighted by Gasteiger charge is -2.18. The maximum absolute atomic E-state index is 13.1. The van der Waals surface area contributed by atoms with Gasteiger partial charge in [0, 0.05) is 22.7 Å². The van der Waals surface area contributed by atoms with Crippen LogP contribution in [-0.2, 0) is 14.3 Å². The predicted molar refractivity (Wildman–Crippen MR) is 106 cm³/mol. The van der Waals surface area contributed by atoms with Crippen LogP contribution in [0.25, 0.3) is 0 Å². The van der Waals surface area contributed by atoms with Crippen molar-refractivity contribution in [3.05, 3.63) is 59.9 Å². The number of amides is 1. The Morgan fingerprint density at radius 1 is 1.07 bits per heavy atom. The summed E-state index contributed by atoms with van der Waals surface area (Å²) in [6.45, 7) is 6.41. The first-order valence-electron chi connectivity index (χ1n) is 9.10. The SMILES string of the molecule is CC(OC(=O)COc1cccc(F)c1)C(=O)c1ccc(NC(=O)C(C)(C)C)cc1. The van der Waals surface area contributed by atoms with Gasteiger partial charge in [0.25, 0.3) is 0 Å². The minimum atomic E-state index is -1.02. The van der Waals surface area contributed by atoms with Crippen LogP contribution in [0.3, 0.4) is 0 Å². The number of benzene rings is 2. The van der Waals surface area contributed by atoms with Crippen LogP contribution in [-0.4, -0.2) is 30.4 Å². The predicted octanol–water partition coefficient (Wildman–Crippen LogP) is 4.00. The van der Waals surface area contributed by atoms with Crippen LogP contribution < -0.4 is 10.1 Å². The average Bonchev–Trinajstić information content (AvgIpc) is 2.65. The first kappa shape index (κ1) is 22.1. The first-order valence-corrected chi connectivity index (χ1v) is 9.10. The molecule has 0 radical (unpaired) electrons. The summed E-state index contributed by atoms with van der Waals surface area (Å²) in [6, 6.07) is 11.7. The van der Waals surface area contributed by atoms with Gasteiger partial charge in [0.2, 0.25) is 11.7 Å². The van der Waals surface area contributed by atoms with Gasteiger partial charge in [0.15, 0.2) is 12.7 Å². The topological polar surface area (TPSA) is 81.7 Å². The molecule has 7 heteroatoms. The van der Waals surface area contributed by atoms with Gasteiger partial charge in [-0.1, -0.05) is 26.8 Å². The van der Waals surface area contributed by atoms with Crippen molar-refractivity contribution in [3.8, 4) is 5.75 Å². The quantitative estimate of drug-likeness (QED) is 0.560. The third-order valence-electron chi connectivity index (χ3n) is 3.94. The third kappa shape index (κ3) is 6.71. The lowest BCUT2D eigenvalue weighted by molar-refractivity contribution is -0.148. The van der Waals surface area contributed by atoms with E-state index in [0.29, 0.717) is 11.3 Å². The van der Waals surface area contributed by atoms with Crippen LogP contribution >= 0.6 is 0 Å². The number of carbonyl (C=O) groups excluding carboxylic acids is 3. The van der Waals surface area contributed by atoms with Crippen molar-refractivity contribution >= 4 is 23.3 Å². The highest BCUT2D eigenvalue weighted by atomic mass is 19.1. The second kappa shape index (κ2) is 9.32. The standard InChI is InChI=1S/C22H24FNO5/c1-14(29-19(25)13-28-18-7-5-6-16(23)12-18)20(26)15-8-10-17(11-9-15)24-21(27)22(2,3)4/h5-12,14H,13H2,1-4H3,(H,24,27). The number of rotatable bonds is 7. The van der Waals surface area contributed by atoms with E-state index >= 15 is 0 Å². The van der Waals surface area contributed by atoms with Crippen molar-refractivity contribution < 1.29 is 28.2 Å². The molecule has 154 valence electrons. The first-order chi connectivity index (χ1) is 13.6. The Kier molecular flexibility index (Phi) is 7.09. The lowest BCUT2D eigenvalue weighted by atomic mass is 9.95. The Morgan fingerprint density at radius 3 is 2.31 bits per heavy atom. The molecule has 0 fully saturated rings. The van der Waals surface area contributed by atoms with Gasteiger partial charge >= 0.3 is 5.97 Å². The van der Waals surface area contributed by atoms with Gasteiger partial charge in [0.05, 0.1) is 0 Å². The highest BCUT2D eigenvalue weighted by Gasteiger charge is 2.22. The molecule has 0 aliphatic rings. The molecule has 2 rings (SSSR count). The Labute approximate surface area is 169 Å². The fourth-order valence-electron chi connectivity index (χ4n) is 2.25. The van der Waals surface area contributed by atoms with Gasteiger partial charge in [-0.3, -0.25) is 9.59 Å². The number of carbonyl (C=O) groups is 3. The highest BCUT2D eigenvalue weighted by molar-refractivity contribution is 6.01. The molecule has 0 heterocycles. The Hall–Kier alpha value is -3.22. The molecule has 1 amide bonds. The van der Waals surface area contributed by atoms with Crippen LogP contribution in [0.4, 0.5) is 10.1 Å². The van der Waals surface area contributed by atoms with Gasteiger partial charge in [-0.05, 0) is 43.3 Å². The summed E-state index contributed by atoms with van der Waals surface area (Å²) in [5.74, 6) is -1.57. The molecule has 0 aromatic heterocycles. The molecule has 0 spiro atoms. The molecule has 1 N–H and O–H groups in total. The second-order valence-electron chi connectivity index (χ2n) is 7.52. The molecule has 2 aromatic rings. The van der Waals surface area contributed by atoms with E-state index in [4.69, 9.17) is 9.47 Å². The minimum absolute atomic E-state index is 0.142. The number of Topliss-reactive ketones (excluding diaryl/α,β-unsaturated/α-hetero) is 1. The number of ketones is 1. The van der Waals surface area contributed by atoms with Gasteiger partial charge in [-0.15, -0.1) is 0 Å².